The van der Waals surface area contributed by atoms with Gasteiger partial charge in [-0.2, -0.15) is 0 Å². The molecule has 0 aromatic rings. The fraction of sp³-hybridized carbons (Fsp3) is 0.833. The molecular formula is C18H34O4. The highest BCUT2D eigenvalue weighted by Gasteiger charge is 2.09. The number of hydrogen-bond donors (Lipinski definition) is 3. The molecule has 130 valence electrons. The Morgan fingerprint density at radius 1 is 0.864 bits per heavy atom. The van der Waals surface area contributed by atoms with Crippen LogP contribution in [0.4, 0.5) is 0 Å². The Hall–Kier alpha value is -0.870. The van der Waals surface area contributed by atoms with Crippen LogP contribution in [0.5, 0.6) is 0 Å². The van der Waals surface area contributed by atoms with Crippen molar-refractivity contribution in [3.63, 3.8) is 0 Å². The molecule has 4 nitrogen and oxygen atoms in total. The SMILES string of the molecule is CCCCCCCCC(O)CCC(O)CCCC=CC(=O)O. The molecule has 0 aliphatic heterocycles. The molecule has 22 heavy (non-hydrogen) atoms. The summed E-state index contributed by atoms with van der Waals surface area (Å²) < 4.78 is 0. The molecule has 0 amide bonds. The topological polar surface area (TPSA) is 77.8 Å². The Morgan fingerprint density at radius 3 is 2.00 bits per heavy atom. The highest BCUT2D eigenvalue weighted by atomic mass is 16.4. The highest BCUT2D eigenvalue weighted by molar-refractivity contribution is 5.79. The van der Waals surface area contributed by atoms with E-state index in [0.29, 0.717) is 25.7 Å². The first-order chi connectivity index (χ1) is 10.6. The molecule has 0 radical (unpaired) electrons. The number of hydrogen-bond acceptors (Lipinski definition) is 3. The van der Waals surface area contributed by atoms with Gasteiger partial charge in [-0.3, -0.25) is 0 Å². The Kier molecular flexibility index (Phi) is 14.4. The maximum absolute atomic E-state index is 10.3. The second-order valence-corrected chi connectivity index (χ2v) is 6.11. The summed E-state index contributed by atoms with van der Waals surface area (Å²) in [5.74, 6) is -0.932. The van der Waals surface area contributed by atoms with Crippen molar-refractivity contribution >= 4 is 5.97 Å². The van der Waals surface area contributed by atoms with Crippen molar-refractivity contribution in [1.82, 2.24) is 0 Å². The van der Waals surface area contributed by atoms with E-state index >= 15 is 0 Å². The summed E-state index contributed by atoms with van der Waals surface area (Å²) >= 11 is 0. The first kappa shape index (κ1) is 21.1. The van der Waals surface area contributed by atoms with E-state index in [1.807, 2.05) is 0 Å². The van der Waals surface area contributed by atoms with Crippen molar-refractivity contribution < 1.29 is 20.1 Å². The standard InChI is InChI=1S/C18H34O4/c1-2-3-4-5-6-8-11-16(19)14-15-17(20)12-9-7-10-13-18(21)22/h10,13,16-17,19-20H,2-9,11-12,14-15H2,1H3,(H,21,22). The first-order valence-electron chi connectivity index (χ1n) is 8.81. The largest absolute Gasteiger partial charge is 0.478 e. The summed E-state index contributed by atoms with van der Waals surface area (Å²) in [5, 5.41) is 28.1. The molecule has 0 rings (SSSR count). The third-order valence-electron chi connectivity index (χ3n) is 3.89. The van der Waals surface area contributed by atoms with Gasteiger partial charge in [0.1, 0.15) is 0 Å². The maximum atomic E-state index is 10.3. The molecule has 0 saturated carbocycles. The molecule has 0 spiro atoms. The quantitative estimate of drug-likeness (QED) is 0.315. The number of carboxylic acids is 1. The number of carboxylic acid groups (broad SMARTS) is 1. The van der Waals surface area contributed by atoms with E-state index in [4.69, 9.17) is 5.11 Å². The van der Waals surface area contributed by atoms with Gasteiger partial charge < -0.3 is 15.3 Å². The third kappa shape index (κ3) is 15.5. The van der Waals surface area contributed by atoms with Gasteiger partial charge in [0.05, 0.1) is 12.2 Å². The van der Waals surface area contributed by atoms with Crippen LogP contribution in [0.15, 0.2) is 12.2 Å². The third-order valence-corrected chi connectivity index (χ3v) is 3.89. The molecule has 2 unspecified atom stereocenters. The van der Waals surface area contributed by atoms with E-state index in [0.717, 1.165) is 25.3 Å². The van der Waals surface area contributed by atoms with Gasteiger partial charge in [0.25, 0.3) is 0 Å². The number of aliphatic hydroxyl groups excluding tert-OH is 2. The van der Waals surface area contributed by atoms with Crippen LogP contribution < -0.4 is 0 Å². The summed E-state index contributed by atoms with van der Waals surface area (Å²) in [6, 6.07) is 0. The minimum atomic E-state index is -0.932. The van der Waals surface area contributed by atoms with E-state index in [1.54, 1.807) is 6.08 Å². The zero-order valence-electron chi connectivity index (χ0n) is 14.0. The molecule has 0 aliphatic rings. The van der Waals surface area contributed by atoms with Crippen molar-refractivity contribution in [2.45, 2.75) is 96.2 Å². The Bertz CT molecular complexity index is 289. The minimum Gasteiger partial charge on any atom is -0.478 e. The molecule has 2 atom stereocenters. The number of aliphatic hydroxyl groups is 2. The average molecular weight is 314 g/mol. The molecule has 0 saturated heterocycles. The number of aliphatic carboxylic acids is 1. The molecule has 0 aliphatic carbocycles. The summed E-state index contributed by atoms with van der Waals surface area (Å²) in [6.07, 6.45) is 13.6. The fourth-order valence-electron chi connectivity index (χ4n) is 2.49. The molecular weight excluding hydrogens is 280 g/mol. The lowest BCUT2D eigenvalue weighted by atomic mass is 10.0. The lowest BCUT2D eigenvalue weighted by Crippen LogP contribution is -2.13. The zero-order chi connectivity index (χ0) is 16.6. The van der Waals surface area contributed by atoms with Gasteiger partial charge >= 0.3 is 5.97 Å². The van der Waals surface area contributed by atoms with E-state index in [-0.39, 0.29) is 6.10 Å². The van der Waals surface area contributed by atoms with E-state index in [9.17, 15) is 15.0 Å². The fourth-order valence-corrected chi connectivity index (χ4v) is 2.49. The zero-order valence-corrected chi connectivity index (χ0v) is 14.0. The van der Waals surface area contributed by atoms with Crippen LogP contribution in [0.3, 0.4) is 0 Å². The van der Waals surface area contributed by atoms with Gasteiger partial charge in [-0.25, -0.2) is 4.79 Å². The summed E-state index contributed by atoms with van der Waals surface area (Å²) in [7, 11) is 0. The second kappa shape index (κ2) is 15.0. The van der Waals surface area contributed by atoms with E-state index < -0.39 is 12.1 Å². The van der Waals surface area contributed by atoms with Gasteiger partial charge in [0, 0.05) is 6.08 Å². The van der Waals surface area contributed by atoms with Crippen molar-refractivity contribution in [1.29, 1.82) is 0 Å². The van der Waals surface area contributed by atoms with Crippen molar-refractivity contribution in [2.75, 3.05) is 0 Å². The van der Waals surface area contributed by atoms with Crippen molar-refractivity contribution in [2.24, 2.45) is 0 Å². The lowest BCUT2D eigenvalue weighted by molar-refractivity contribution is -0.131. The Balaban J connectivity index is 3.44. The monoisotopic (exact) mass is 314 g/mol. The van der Waals surface area contributed by atoms with E-state index in [1.165, 1.54) is 32.1 Å². The van der Waals surface area contributed by atoms with Crippen LogP contribution in [0.25, 0.3) is 0 Å². The minimum absolute atomic E-state index is 0.298. The van der Waals surface area contributed by atoms with Gasteiger partial charge in [-0.15, -0.1) is 0 Å². The van der Waals surface area contributed by atoms with Gasteiger partial charge in [-0.1, -0.05) is 51.5 Å². The highest BCUT2D eigenvalue weighted by Crippen LogP contribution is 2.14. The van der Waals surface area contributed by atoms with E-state index in [2.05, 4.69) is 6.92 Å². The summed E-state index contributed by atoms with van der Waals surface area (Å²) in [6.45, 7) is 2.21. The molecule has 3 N–H and O–H groups in total. The molecule has 0 heterocycles. The smallest absolute Gasteiger partial charge is 0.327 e. The molecule has 0 aromatic heterocycles. The predicted molar refractivity (Wildman–Crippen MR) is 89.9 cm³/mol. The Morgan fingerprint density at radius 2 is 1.41 bits per heavy atom. The second-order valence-electron chi connectivity index (χ2n) is 6.11. The molecule has 0 fully saturated rings. The van der Waals surface area contributed by atoms with Gasteiger partial charge in [0.15, 0.2) is 0 Å². The summed E-state index contributed by atoms with van der Waals surface area (Å²) in [4.78, 5) is 10.3. The normalized spacial score (nSPS) is 14.3. The first-order valence-corrected chi connectivity index (χ1v) is 8.81. The predicted octanol–water partition coefficient (Wildman–Crippen LogP) is 4.05. The van der Waals surface area contributed by atoms with Crippen LogP contribution in [0.2, 0.25) is 0 Å². The van der Waals surface area contributed by atoms with Crippen LogP contribution in [-0.4, -0.2) is 33.5 Å². The number of allylic oxidation sites excluding steroid dienone is 1. The average Bonchev–Trinajstić information content (AvgIpc) is 2.48. The van der Waals surface area contributed by atoms with Crippen LogP contribution in [-0.2, 0) is 4.79 Å². The molecule has 0 aromatic carbocycles. The lowest BCUT2D eigenvalue weighted by Gasteiger charge is -2.14. The van der Waals surface area contributed by atoms with Gasteiger partial charge in [-0.05, 0) is 38.5 Å². The maximum Gasteiger partial charge on any atom is 0.327 e. The van der Waals surface area contributed by atoms with Crippen LogP contribution in [0, 0.1) is 0 Å². The summed E-state index contributed by atoms with van der Waals surface area (Å²) in [5.41, 5.74) is 0. The molecule has 0 bridgehead atoms. The molecule has 4 heteroatoms. The number of carbonyl (C=O) groups is 1. The number of rotatable bonds is 15. The van der Waals surface area contributed by atoms with Crippen LogP contribution >= 0.6 is 0 Å². The van der Waals surface area contributed by atoms with Gasteiger partial charge in [0.2, 0.25) is 0 Å². The van der Waals surface area contributed by atoms with Crippen molar-refractivity contribution in [3.8, 4) is 0 Å². The number of unbranched alkanes of at least 4 members (excludes halogenated alkanes) is 6. The van der Waals surface area contributed by atoms with Crippen LogP contribution in [0.1, 0.15) is 84.0 Å². The van der Waals surface area contributed by atoms with Crippen molar-refractivity contribution in [3.05, 3.63) is 12.2 Å². The Labute approximate surface area is 135 Å².